The number of carbonyl (C=O) groups excluding carboxylic acids is 1. The van der Waals surface area contributed by atoms with Gasteiger partial charge in [0.2, 0.25) is 0 Å². The van der Waals surface area contributed by atoms with E-state index < -0.39 is 0 Å². The van der Waals surface area contributed by atoms with E-state index >= 15 is 0 Å². The van der Waals surface area contributed by atoms with Crippen LogP contribution in [-0.4, -0.2) is 36.9 Å². The van der Waals surface area contributed by atoms with E-state index in [1.54, 1.807) is 13.1 Å². The first kappa shape index (κ1) is 16.0. The molecule has 0 bridgehead atoms. The largest absolute Gasteiger partial charge is 0.370 e. The summed E-state index contributed by atoms with van der Waals surface area (Å²) in [5.41, 5.74) is 3.22. The van der Waals surface area contributed by atoms with E-state index in [2.05, 4.69) is 37.2 Å². The summed E-state index contributed by atoms with van der Waals surface area (Å²) in [7, 11) is 0. The van der Waals surface area contributed by atoms with Crippen molar-refractivity contribution in [2.45, 2.75) is 26.2 Å². The van der Waals surface area contributed by atoms with E-state index in [1.165, 1.54) is 19.3 Å². The van der Waals surface area contributed by atoms with Crippen molar-refractivity contribution >= 4 is 38.3 Å². The maximum absolute atomic E-state index is 12.2. The number of carbonyl (C=O) groups is 1. The van der Waals surface area contributed by atoms with E-state index in [0.717, 1.165) is 52.8 Å². The quantitative estimate of drug-likeness (QED) is 0.796. The van der Waals surface area contributed by atoms with Crippen molar-refractivity contribution in [3.63, 3.8) is 0 Å². The Balaban J connectivity index is 1.76. The van der Waals surface area contributed by atoms with Crippen LogP contribution in [0.25, 0.3) is 10.9 Å². The van der Waals surface area contributed by atoms with Crippen LogP contribution in [-0.2, 0) is 0 Å². The molecule has 0 atom stereocenters. The first-order chi connectivity index (χ1) is 11.6. The second kappa shape index (κ2) is 6.12. The first-order valence-electron chi connectivity index (χ1n) is 8.63. The molecule has 126 valence electrons. The Morgan fingerprint density at radius 3 is 2.75 bits per heavy atom. The smallest absolute Gasteiger partial charge is 0.163 e. The van der Waals surface area contributed by atoms with Crippen molar-refractivity contribution in [2.75, 3.05) is 31.1 Å². The van der Waals surface area contributed by atoms with Crippen LogP contribution in [0.2, 0.25) is 0 Å². The molecule has 4 rings (SSSR count). The Hall–Kier alpha value is -1.46. The first-order valence-corrected chi connectivity index (χ1v) is 9.42. The van der Waals surface area contributed by atoms with Crippen LogP contribution in [0.15, 0.2) is 28.9 Å². The lowest BCUT2D eigenvalue weighted by atomic mass is 9.77. The zero-order chi connectivity index (χ0) is 16.7. The van der Waals surface area contributed by atoms with Crippen LogP contribution >= 0.6 is 15.9 Å². The minimum absolute atomic E-state index is 0.0854. The topological polar surface area (TPSA) is 45.2 Å². The molecule has 2 fully saturated rings. The number of hydrogen-bond acceptors (Lipinski definition) is 4. The summed E-state index contributed by atoms with van der Waals surface area (Å²) in [6.45, 7) is 5.94. The van der Waals surface area contributed by atoms with Crippen molar-refractivity contribution in [1.82, 2.24) is 10.3 Å². The number of halogens is 1. The number of rotatable bonds is 2. The summed E-state index contributed by atoms with van der Waals surface area (Å²) in [4.78, 5) is 19.1. The van der Waals surface area contributed by atoms with Crippen LogP contribution in [0.1, 0.15) is 36.5 Å². The van der Waals surface area contributed by atoms with Crippen molar-refractivity contribution in [3.8, 4) is 0 Å². The number of Topliss-reactive ketones (excluding diaryl/α,β-unsaturated/α-hetero) is 1. The third-order valence-corrected chi connectivity index (χ3v) is 6.15. The van der Waals surface area contributed by atoms with Gasteiger partial charge in [-0.1, -0.05) is 15.9 Å². The highest BCUT2D eigenvalue weighted by Gasteiger charge is 2.37. The van der Waals surface area contributed by atoms with E-state index in [1.807, 2.05) is 12.1 Å². The highest BCUT2D eigenvalue weighted by Crippen LogP contribution is 2.40. The molecule has 0 radical (unpaired) electrons. The number of fused-ring (bicyclic) bond motifs is 1. The second-order valence-corrected chi connectivity index (χ2v) is 8.07. The van der Waals surface area contributed by atoms with Gasteiger partial charge in [-0.25, -0.2) is 0 Å². The van der Waals surface area contributed by atoms with Gasteiger partial charge in [0, 0.05) is 35.7 Å². The molecule has 2 aromatic rings. The number of aromatic nitrogens is 1. The van der Waals surface area contributed by atoms with Crippen molar-refractivity contribution in [1.29, 1.82) is 0 Å². The van der Waals surface area contributed by atoms with Crippen molar-refractivity contribution < 1.29 is 4.79 Å². The molecule has 1 aromatic heterocycles. The Morgan fingerprint density at radius 2 is 2.08 bits per heavy atom. The molecule has 4 nitrogen and oxygen atoms in total. The summed E-state index contributed by atoms with van der Waals surface area (Å²) in [6, 6.07) is 6.10. The highest BCUT2D eigenvalue weighted by molar-refractivity contribution is 9.10. The summed E-state index contributed by atoms with van der Waals surface area (Å²) >= 11 is 3.56. The average Bonchev–Trinajstić information content (AvgIpc) is 3.02. The van der Waals surface area contributed by atoms with Gasteiger partial charge in [0.1, 0.15) is 0 Å². The number of benzene rings is 1. The molecular formula is C19H22BrN3O. The third kappa shape index (κ3) is 2.74. The zero-order valence-electron chi connectivity index (χ0n) is 13.9. The molecule has 2 saturated heterocycles. The number of piperidine rings is 1. The Morgan fingerprint density at radius 1 is 1.29 bits per heavy atom. The maximum atomic E-state index is 12.2. The SMILES string of the molecule is CC(=O)c1cnc2ccc(Br)cc2c1N1CCC2(CCNC2)CC1. The Labute approximate surface area is 150 Å². The van der Waals surface area contributed by atoms with Gasteiger partial charge in [0.15, 0.2) is 5.78 Å². The molecule has 2 aliphatic rings. The van der Waals surface area contributed by atoms with Gasteiger partial charge < -0.3 is 10.2 Å². The standard InChI is InChI=1S/C19H22BrN3O/c1-13(24)16-11-22-17-3-2-14(20)10-15(17)18(16)23-8-5-19(6-9-23)4-7-21-12-19/h2-3,10-11,21H,4-9,12H2,1H3. The Bertz CT molecular complexity index is 789. The molecule has 1 spiro atoms. The van der Waals surface area contributed by atoms with Gasteiger partial charge in [-0.15, -0.1) is 0 Å². The fourth-order valence-electron chi connectivity index (χ4n) is 4.18. The number of nitrogens with zero attached hydrogens (tertiary/aromatic N) is 2. The minimum atomic E-state index is 0.0854. The number of nitrogens with one attached hydrogen (secondary N) is 1. The number of ketones is 1. The fraction of sp³-hybridized carbons (Fsp3) is 0.474. The highest BCUT2D eigenvalue weighted by atomic mass is 79.9. The van der Waals surface area contributed by atoms with Gasteiger partial charge in [0.05, 0.1) is 16.8 Å². The molecule has 0 saturated carbocycles. The summed E-state index contributed by atoms with van der Waals surface area (Å²) in [5.74, 6) is 0.0854. The molecule has 1 N–H and O–H groups in total. The van der Waals surface area contributed by atoms with Crippen molar-refractivity contribution in [3.05, 3.63) is 34.4 Å². The van der Waals surface area contributed by atoms with E-state index in [-0.39, 0.29) is 5.78 Å². The van der Waals surface area contributed by atoms with Crippen LogP contribution in [0, 0.1) is 5.41 Å². The van der Waals surface area contributed by atoms with Gasteiger partial charge in [-0.05, 0) is 56.3 Å². The van der Waals surface area contributed by atoms with E-state index in [9.17, 15) is 4.79 Å². The lowest BCUT2D eigenvalue weighted by molar-refractivity contribution is 0.101. The lowest BCUT2D eigenvalue weighted by Gasteiger charge is -2.40. The van der Waals surface area contributed by atoms with Crippen molar-refractivity contribution in [2.24, 2.45) is 5.41 Å². The number of anilines is 1. The molecule has 2 aliphatic heterocycles. The zero-order valence-corrected chi connectivity index (χ0v) is 15.5. The average molecular weight is 388 g/mol. The number of hydrogen-bond donors (Lipinski definition) is 1. The van der Waals surface area contributed by atoms with Crippen LogP contribution in [0.3, 0.4) is 0 Å². The molecule has 0 amide bonds. The summed E-state index contributed by atoms with van der Waals surface area (Å²) < 4.78 is 1.02. The molecule has 0 aliphatic carbocycles. The minimum Gasteiger partial charge on any atom is -0.370 e. The van der Waals surface area contributed by atoms with Crippen LogP contribution in [0.4, 0.5) is 5.69 Å². The molecule has 0 unspecified atom stereocenters. The Kier molecular flexibility index (Phi) is 4.09. The third-order valence-electron chi connectivity index (χ3n) is 5.65. The molecular weight excluding hydrogens is 366 g/mol. The van der Waals surface area contributed by atoms with Gasteiger partial charge >= 0.3 is 0 Å². The van der Waals surface area contributed by atoms with Gasteiger partial charge in [-0.2, -0.15) is 0 Å². The normalized spacial score (nSPS) is 20.0. The summed E-state index contributed by atoms with van der Waals surface area (Å²) in [5, 5.41) is 4.58. The van der Waals surface area contributed by atoms with E-state index in [4.69, 9.17) is 0 Å². The van der Waals surface area contributed by atoms with Crippen LogP contribution in [0.5, 0.6) is 0 Å². The van der Waals surface area contributed by atoms with Gasteiger partial charge in [-0.3, -0.25) is 9.78 Å². The lowest BCUT2D eigenvalue weighted by Crippen LogP contribution is -2.41. The van der Waals surface area contributed by atoms with Crippen LogP contribution < -0.4 is 10.2 Å². The monoisotopic (exact) mass is 387 g/mol. The molecule has 1 aromatic carbocycles. The second-order valence-electron chi connectivity index (χ2n) is 7.15. The predicted octanol–water partition coefficient (Wildman–Crippen LogP) is 3.78. The van der Waals surface area contributed by atoms with Gasteiger partial charge in [0.25, 0.3) is 0 Å². The summed E-state index contributed by atoms with van der Waals surface area (Å²) in [6.07, 6.45) is 5.41. The molecule has 3 heterocycles. The number of pyridine rings is 1. The predicted molar refractivity (Wildman–Crippen MR) is 101 cm³/mol. The van der Waals surface area contributed by atoms with E-state index in [0.29, 0.717) is 5.41 Å². The molecule has 24 heavy (non-hydrogen) atoms. The molecule has 5 heteroatoms. The fourth-order valence-corrected chi connectivity index (χ4v) is 4.54. The maximum Gasteiger partial charge on any atom is 0.163 e.